The Bertz CT molecular complexity index is 471. The van der Waals surface area contributed by atoms with Gasteiger partial charge in [-0.1, -0.05) is 26.2 Å². The Kier molecular flexibility index (Phi) is 7.32. The Labute approximate surface area is 138 Å². The lowest BCUT2D eigenvalue weighted by atomic mass is 9.95. The van der Waals surface area contributed by atoms with E-state index in [1.54, 1.807) is 18.3 Å². The van der Waals surface area contributed by atoms with Crippen molar-refractivity contribution in [3.63, 3.8) is 0 Å². The second kappa shape index (κ2) is 9.50. The first-order valence-corrected chi connectivity index (χ1v) is 8.66. The lowest BCUT2D eigenvalue weighted by molar-refractivity contribution is 0.149. The summed E-state index contributed by atoms with van der Waals surface area (Å²) in [6.45, 7) is 4.36. The minimum absolute atomic E-state index is 0.0675. The largest absolute Gasteiger partial charge is 0.383 e. The van der Waals surface area contributed by atoms with Crippen LogP contribution >= 0.6 is 0 Å². The van der Waals surface area contributed by atoms with Crippen LogP contribution in [0.2, 0.25) is 0 Å². The Balaban J connectivity index is 1.89. The van der Waals surface area contributed by atoms with Crippen LogP contribution in [0.25, 0.3) is 0 Å². The molecule has 7 heteroatoms. The molecule has 1 fully saturated rings. The summed E-state index contributed by atoms with van der Waals surface area (Å²) in [5.41, 5.74) is 0. The van der Waals surface area contributed by atoms with E-state index in [0.29, 0.717) is 25.7 Å². The fraction of sp³-hybridized carbons (Fsp3) is 0.812. The Morgan fingerprint density at radius 1 is 1.39 bits per heavy atom. The minimum atomic E-state index is -0.0675. The maximum Gasteiger partial charge on any atom is 0.317 e. The van der Waals surface area contributed by atoms with Gasteiger partial charge in [0.1, 0.15) is 6.33 Å². The zero-order valence-electron chi connectivity index (χ0n) is 14.3. The lowest BCUT2D eigenvalue weighted by Gasteiger charge is -2.25. The van der Waals surface area contributed by atoms with E-state index in [0.717, 1.165) is 18.8 Å². The van der Waals surface area contributed by atoms with Crippen LogP contribution < -0.4 is 5.32 Å². The highest BCUT2D eigenvalue weighted by atomic mass is 16.5. The summed E-state index contributed by atoms with van der Waals surface area (Å²) < 4.78 is 7.21. The van der Waals surface area contributed by atoms with E-state index in [-0.39, 0.29) is 6.03 Å². The van der Waals surface area contributed by atoms with Gasteiger partial charge in [0.15, 0.2) is 5.82 Å². The standard InChI is InChI=1S/C16H29N5O2/c1-3-9-20(10-11-23-2)16(22)17-12-15-19-18-13-21(15)14-7-5-4-6-8-14/h13-14H,3-12H2,1-2H3,(H,17,22). The van der Waals surface area contributed by atoms with Crippen LogP contribution in [0.5, 0.6) is 0 Å². The van der Waals surface area contributed by atoms with Crippen LogP contribution in [0.1, 0.15) is 57.3 Å². The summed E-state index contributed by atoms with van der Waals surface area (Å²) in [7, 11) is 1.65. The van der Waals surface area contributed by atoms with Gasteiger partial charge >= 0.3 is 6.03 Å². The number of nitrogens with zero attached hydrogens (tertiary/aromatic N) is 4. The smallest absolute Gasteiger partial charge is 0.317 e. The van der Waals surface area contributed by atoms with Crippen molar-refractivity contribution < 1.29 is 9.53 Å². The van der Waals surface area contributed by atoms with Crippen LogP contribution in [0.4, 0.5) is 4.79 Å². The van der Waals surface area contributed by atoms with Gasteiger partial charge in [0.2, 0.25) is 0 Å². The van der Waals surface area contributed by atoms with Crippen molar-refractivity contribution in [3.05, 3.63) is 12.2 Å². The van der Waals surface area contributed by atoms with Crippen molar-refractivity contribution in [2.24, 2.45) is 0 Å². The predicted molar refractivity (Wildman–Crippen MR) is 88.1 cm³/mol. The van der Waals surface area contributed by atoms with E-state index in [4.69, 9.17) is 4.74 Å². The summed E-state index contributed by atoms with van der Waals surface area (Å²) in [6.07, 6.45) is 8.91. The molecule has 23 heavy (non-hydrogen) atoms. The Morgan fingerprint density at radius 3 is 2.87 bits per heavy atom. The SMILES string of the molecule is CCCN(CCOC)C(=O)NCc1nncn1C1CCCCC1. The van der Waals surface area contributed by atoms with Crippen molar-refractivity contribution in [2.45, 2.75) is 58.0 Å². The molecule has 0 atom stereocenters. The van der Waals surface area contributed by atoms with Crippen molar-refractivity contribution in [1.29, 1.82) is 0 Å². The van der Waals surface area contributed by atoms with E-state index in [1.807, 2.05) is 0 Å². The lowest BCUT2D eigenvalue weighted by Crippen LogP contribution is -2.42. The normalized spacial score (nSPS) is 15.6. The third kappa shape index (κ3) is 5.20. The molecule has 2 amide bonds. The van der Waals surface area contributed by atoms with Crippen LogP contribution in [0, 0.1) is 0 Å². The third-order valence-electron chi connectivity index (χ3n) is 4.36. The number of rotatable bonds is 8. The molecule has 1 aromatic rings. The second-order valence-corrected chi connectivity index (χ2v) is 6.08. The zero-order chi connectivity index (χ0) is 16.5. The van der Waals surface area contributed by atoms with Gasteiger partial charge in [-0.2, -0.15) is 0 Å². The summed E-state index contributed by atoms with van der Waals surface area (Å²) in [5, 5.41) is 11.2. The number of ether oxygens (including phenoxy) is 1. The highest BCUT2D eigenvalue weighted by Crippen LogP contribution is 2.28. The molecule has 130 valence electrons. The topological polar surface area (TPSA) is 72.3 Å². The van der Waals surface area contributed by atoms with E-state index in [1.165, 1.54) is 32.1 Å². The first-order valence-electron chi connectivity index (χ1n) is 8.66. The van der Waals surface area contributed by atoms with Crippen molar-refractivity contribution in [3.8, 4) is 0 Å². The number of nitrogens with one attached hydrogen (secondary N) is 1. The Morgan fingerprint density at radius 2 is 2.17 bits per heavy atom. The number of aromatic nitrogens is 3. The number of hydrogen-bond donors (Lipinski definition) is 1. The number of carbonyl (C=O) groups excluding carboxylic acids is 1. The van der Waals surface area contributed by atoms with E-state index < -0.39 is 0 Å². The molecule has 1 aliphatic carbocycles. The van der Waals surface area contributed by atoms with Crippen LogP contribution in [-0.4, -0.2) is 52.5 Å². The first kappa shape index (κ1) is 17.7. The number of hydrogen-bond acceptors (Lipinski definition) is 4. The quantitative estimate of drug-likeness (QED) is 0.797. The number of carbonyl (C=O) groups is 1. The van der Waals surface area contributed by atoms with Gasteiger partial charge in [-0.15, -0.1) is 10.2 Å². The highest BCUT2D eigenvalue weighted by Gasteiger charge is 2.19. The van der Waals surface area contributed by atoms with E-state index in [2.05, 4.69) is 27.0 Å². The maximum atomic E-state index is 12.3. The molecule has 2 rings (SSSR count). The first-order chi connectivity index (χ1) is 11.3. The summed E-state index contributed by atoms with van der Waals surface area (Å²) >= 11 is 0. The summed E-state index contributed by atoms with van der Waals surface area (Å²) in [4.78, 5) is 14.1. The van der Waals surface area contributed by atoms with Crippen molar-refractivity contribution in [1.82, 2.24) is 25.0 Å². The molecular formula is C16H29N5O2. The molecule has 1 aliphatic rings. The molecule has 0 aliphatic heterocycles. The Hall–Kier alpha value is -1.63. The van der Waals surface area contributed by atoms with Gasteiger partial charge < -0.3 is 19.5 Å². The minimum Gasteiger partial charge on any atom is -0.383 e. The molecular weight excluding hydrogens is 294 g/mol. The highest BCUT2D eigenvalue weighted by molar-refractivity contribution is 5.74. The predicted octanol–water partition coefficient (Wildman–Crippen LogP) is 2.35. The molecule has 7 nitrogen and oxygen atoms in total. The average molecular weight is 323 g/mol. The molecule has 0 unspecified atom stereocenters. The van der Waals surface area contributed by atoms with E-state index >= 15 is 0 Å². The van der Waals surface area contributed by atoms with Crippen LogP contribution in [0.15, 0.2) is 6.33 Å². The maximum absolute atomic E-state index is 12.3. The molecule has 0 saturated heterocycles. The van der Waals surface area contributed by atoms with Gasteiger partial charge in [-0.05, 0) is 19.3 Å². The van der Waals surface area contributed by atoms with Crippen molar-refractivity contribution >= 4 is 6.03 Å². The number of urea groups is 1. The molecule has 1 heterocycles. The molecule has 0 spiro atoms. The summed E-state index contributed by atoms with van der Waals surface area (Å²) in [5.74, 6) is 0.841. The van der Waals surface area contributed by atoms with Gasteiger partial charge in [-0.25, -0.2) is 4.79 Å². The van der Waals surface area contributed by atoms with Gasteiger partial charge in [0, 0.05) is 26.2 Å². The molecule has 0 radical (unpaired) electrons. The molecule has 0 aromatic carbocycles. The fourth-order valence-corrected chi connectivity index (χ4v) is 3.11. The van der Waals surface area contributed by atoms with Crippen LogP contribution in [-0.2, 0) is 11.3 Å². The molecule has 0 bridgehead atoms. The van der Waals surface area contributed by atoms with Gasteiger partial charge in [0.25, 0.3) is 0 Å². The third-order valence-corrected chi connectivity index (χ3v) is 4.36. The summed E-state index contributed by atoms with van der Waals surface area (Å²) in [6, 6.07) is 0.410. The molecule has 1 N–H and O–H groups in total. The molecule has 1 saturated carbocycles. The number of methoxy groups -OCH3 is 1. The van der Waals surface area contributed by atoms with Gasteiger partial charge in [-0.3, -0.25) is 0 Å². The number of amides is 2. The average Bonchev–Trinajstić information content (AvgIpc) is 3.06. The van der Waals surface area contributed by atoms with E-state index in [9.17, 15) is 4.79 Å². The van der Waals surface area contributed by atoms with Crippen molar-refractivity contribution in [2.75, 3.05) is 26.8 Å². The second-order valence-electron chi connectivity index (χ2n) is 6.08. The fourth-order valence-electron chi connectivity index (χ4n) is 3.11. The zero-order valence-corrected chi connectivity index (χ0v) is 14.3. The monoisotopic (exact) mass is 323 g/mol. The molecule has 1 aromatic heterocycles. The van der Waals surface area contributed by atoms with Crippen LogP contribution in [0.3, 0.4) is 0 Å². The van der Waals surface area contributed by atoms with Gasteiger partial charge in [0.05, 0.1) is 13.2 Å².